The molecule has 4 rings (SSSR count). The van der Waals surface area contributed by atoms with Gasteiger partial charge in [0, 0.05) is 24.3 Å². The van der Waals surface area contributed by atoms with Gasteiger partial charge in [0.25, 0.3) is 11.8 Å². The summed E-state index contributed by atoms with van der Waals surface area (Å²) in [6.07, 6.45) is 1.71. The van der Waals surface area contributed by atoms with Gasteiger partial charge in [-0.25, -0.2) is 4.39 Å². The number of amides is 3. The molecule has 3 aromatic carbocycles. The number of carbonyl (C=O) groups excluding carboxylic acids is 3. The molecule has 1 atom stereocenters. The van der Waals surface area contributed by atoms with E-state index in [1.54, 1.807) is 6.92 Å². The van der Waals surface area contributed by atoms with Crippen molar-refractivity contribution < 1.29 is 23.5 Å². The number of para-hydroxylation sites is 1. The van der Waals surface area contributed by atoms with Crippen LogP contribution in [0.2, 0.25) is 0 Å². The molecule has 1 unspecified atom stereocenters. The highest BCUT2D eigenvalue weighted by Crippen LogP contribution is 2.29. The first-order valence-electron chi connectivity index (χ1n) is 12.7. The first kappa shape index (κ1) is 26.9. The zero-order valence-electron chi connectivity index (χ0n) is 21.6. The van der Waals surface area contributed by atoms with Crippen LogP contribution in [0.5, 0.6) is 5.75 Å². The van der Waals surface area contributed by atoms with Crippen molar-refractivity contribution in [1.82, 2.24) is 10.2 Å². The third kappa shape index (κ3) is 6.97. The lowest BCUT2D eigenvalue weighted by atomic mass is 9.89. The number of halogens is 1. The van der Waals surface area contributed by atoms with E-state index in [2.05, 4.69) is 10.6 Å². The molecule has 2 N–H and O–H groups in total. The van der Waals surface area contributed by atoms with Gasteiger partial charge in [0.1, 0.15) is 17.6 Å². The molecule has 3 aromatic rings. The smallest absolute Gasteiger partial charge is 0.260 e. The van der Waals surface area contributed by atoms with E-state index in [1.165, 1.54) is 24.3 Å². The highest BCUT2D eigenvalue weighted by atomic mass is 19.1. The summed E-state index contributed by atoms with van der Waals surface area (Å²) in [6.45, 7) is 4.92. The lowest BCUT2D eigenvalue weighted by molar-refractivity contribution is -0.134. The standard InChI is InChI=1S/C30H32FN3O4/c1-20-5-3-4-6-27(20)38-19-28(35)34-17-15-23(16-18-34)22-9-13-26(14-10-22)33-29(36)21(2)32-30(37)24-7-11-25(31)12-8-24/h3-14,21,23H,15-19H2,1-2H3,(H,32,37)(H,33,36). The van der Waals surface area contributed by atoms with Gasteiger partial charge in [0.2, 0.25) is 5.91 Å². The van der Waals surface area contributed by atoms with Crippen LogP contribution in [-0.2, 0) is 9.59 Å². The van der Waals surface area contributed by atoms with Gasteiger partial charge < -0.3 is 20.3 Å². The maximum atomic E-state index is 13.1. The molecule has 3 amide bonds. The Morgan fingerprint density at radius 2 is 1.63 bits per heavy atom. The lowest BCUT2D eigenvalue weighted by Gasteiger charge is -2.32. The highest BCUT2D eigenvalue weighted by Gasteiger charge is 2.24. The summed E-state index contributed by atoms with van der Waals surface area (Å²) in [6, 6.07) is 19.7. The van der Waals surface area contributed by atoms with Crippen LogP contribution < -0.4 is 15.4 Å². The number of hydrogen-bond acceptors (Lipinski definition) is 4. The van der Waals surface area contributed by atoms with Crippen LogP contribution >= 0.6 is 0 Å². The predicted molar refractivity (Wildman–Crippen MR) is 144 cm³/mol. The summed E-state index contributed by atoms with van der Waals surface area (Å²) >= 11 is 0. The molecule has 0 aliphatic carbocycles. The van der Waals surface area contributed by atoms with Crippen molar-refractivity contribution in [3.05, 3.63) is 95.3 Å². The Morgan fingerprint density at radius 1 is 0.974 bits per heavy atom. The Labute approximate surface area is 222 Å². The molecular weight excluding hydrogens is 485 g/mol. The van der Waals surface area contributed by atoms with Crippen LogP contribution in [0.25, 0.3) is 0 Å². The molecule has 1 aliphatic heterocycles. The highest BCUT2D eigenvalue weighted by molar-refractivity contribution is 6.00. The second-order valence-electron chi connectivity index (χ2n) is 9.52. The second-order valence-corrected chi connectivity index (χ2v) is 9.52. The van der Waals surface area contributed by atoms with Crippen molar-refractivity contribution in [2.75, 3.05) is 25.0 Å². The van der Waals surface area contributed by atoms with Gasteiger partial charge in [0.15, 0.2) is 6.61 Å². The predicted octanol–water partition coefficient (Wildman–Crippen LogP) is 4.68. The van der Waals surface area contributed by atoms with E-state index in [0.29, 0.717) is 24.7 Å². The zero-order chi connectivity index (χ0) is 27.1. The van der Waals surface area contributed by atoms with E-state index in [0.717, 1.165) is 29.7 Å². The molecular formula is C30H32FN3O4. The molecule has 0 saturated carbocycles. The lowest BCUT2D eigenvalue weighted by Crippen LogP contribution is -2.41. The van der Waals surface area contributed by atoms with E-state index in [4.69, 9.17) is 4.74 Å². The number of nitrogens with zero attached hydrogens (tertiary/aromatic N) is 1. The molecule has 1 aliphatic rings. The summed E-state index contributed by atoms with van der Waals surface area (Å²) in [5, 5.41) is 5.43. The van der Waals surface area contributed by atoms with Gasteiger partial charge in [-0.3, -0.25) is 14.4 Å². The molecule has 0 aromatic heterocycles. The van der Waals surface area contributed by atoms with Crippen molar-refractivity contribution in [2.24, 2.45) is 0 Å². The number of likely N-dealkylation sites (tertiary alicyclic amines) is 1. The normalized spacial score (nSPS) is 14.4. The first-order chi connectivity index (χ1) is 18.3. The van der Waals surface area contributed by atoms with Crippen LogP contribution in [-0.4, -0.2) is 48.4 Å². The molecule has 0 spiro atoms. The second kappa shape index (κ2) is 12.4. The number of nitrogens with one attached hydrogen (secondary N) is 2. The molecule has 1 fully saturated rings. The van der Waals surface area contributed by atoms with Crippen LogP contribution in [0, 0.1) is 12.7 Å². The Morgan fingerprint density at radius 3 is 2.29 bits per heavy atom. The van der Waals surface area contributed by atoms with E-state index < -0.39 is 17.8 Å². The van der Waals surface area contributed by atoms with Gasteiger partial charge in [-0.1, -0.05) is 30.3 Å². The zero-order valence-corrected chi connectivity index (χ0v) is 21.6. The number of benzene rings is 3. The molecule has 38 heavy (non-hydrogen) atoms. The fourth-order valence-electron chi connectivity index (χ4n) is 4.45. The Kier molecular flexibility index (Phi) is 8.73. The van der Waals surface area contributed by atoms with Crippen molar-refractivity contribution in [2.45, 2.75) is 38.6 Å². The van der Waals surface area contributed by atoms with E-state index in [9.17, 15) is 18.8 Å². The van der Waals surface area contributed by atoms with Crippen molar-refractivity contribution >= 4 is 23.4 Å². The third-order valence-electron chi connectivity index (χ3n) is 6.79. The number of rotatable bonds is 8. The average molecular weight is 518 g/mol. The van der Waals surface area contributed by atoms with Crippen LogP contribution in [0.1, 0.15) is 47.2 Å². The van der Waals surface area contributed by atoms with Crippen LogP contribution in [0.15, 0.2) is 72.8 Å². The van der Waals surface area contributed by atoms with Crippen LogP contribution in [0.3, 0.4) is 0 Å². The molecule has 1 heterocycles. The van der Waals surface area contributed by atoms with Crippen molar-refractivity contribution in [3.8, 4) is 5.75 Å². The quantitative estimate of drug-likeness (QED) is 0.454. The monoisotopic (exact) mass is 517 g/mol. The van der Waals surface area contributed by atoms with E-state index >= 15 is 0 Å². The maximum Gasteiger partial charge on any atom is 0.260 e. The van der Waals surface area contributed by atoms with Gasteiger partial charge in [0.05, 0.1) is 0 Å². The number of hydrogen-bond donors (Lipinski definition) is 2. The number of aryl methyl sites for hydroxylation is 1. The molecule has 0 bridgehead atoms. The summed E-state index contributed by atoms with van der Waals surface area (Å²) < 4.78 is 18.8. The summed E-state index contributed by atoms with van der Waals surface area (Å²) in [5.74, 6) is -0.186. The number of piperidine rings is 1. The van der Waals surface area contributed by atoms with Gasteiger partial charge in [-0.15, -0.1) is 0 Å². The topological polar surface area (TPSA) is 87.7 Å². The Balaban J connectivity index is 1.22. The SMILES string of the molecule is Cc1ccccc1OCC(=O)N1CCC(c2ccc(NC(=O)C(C)NC(=O)c3ccc(F)cc3)cc2)CC1. The van der Waals surface area contributed by atoms with Gasteiger partial charge in [-0.05, 0) is 86.2 Å². The fraction of sp³-hybridized carbons (Fsp3) is 0.300. The minimum absolute atomic E-state index is 0.00889. The molecule has 7 nitrogen and oxygen atoms in total. The van der Waals surface area contributed by atoms with Crippen molar-refractivity contribution in [1.29, 1.82) is 0 Å². The number of ether oxygens (including phenoxy) is 1. The number of anilines is 1. The first-order valence-corrected chi connectivity index (χ1v) is 12.7. The largest absolute Gasteiger partial charge is 0.484 e. The maximum absolute atomic E-state index is 13.1. The molecule has 8 heteroatoms. The summed E-state index contributed by atoms with van der Waals surface area (Å²) in [7, 11) is 0. The van der Waals surface area contributed by atoms with E-state index in [-0.39, 0.29) is 24.0 Å². The average Bonchev–Trinajstić information content (AvgIpc) is 2.93. The van der Waals surface area contributed by atoms with Crippen LogP contribution in [0.4, 0.5) is 10.1 Å². The molecule has 198 valence electrons. The van der Waals surface area contributed by atoms with Crippen molar-refractivity contribution in [3.63, 3.8) is 0 Å². The minimum Gasteiger partial charge on any atom is -0.484 e. The number of carbonyl (C=O) groups is 3. The molecule has 0 radical (unpaired) electrons. The Bertz CT molecular complexity index is 1270. The fourth-order valence-corrected chi connectivity index (χ4v) is 4.45. The van der Waals surface area contributed by atoms with E-state index in [1.807, 2.05) is 60.4 Å². The van der Waals surface area contributed by atoms with Gasteiger partial charge >= 0.3 is 0 Å². The summed E-state index contributed by atoms with van der Waals surface area (Å²) in [4.78, 5) is 39.3. The Hall–Kier alpha value is -4.20. The third-order valence-corrected chi connectivity index (χ3v) is 6.79. The van der Waals surface area contributed by atoms with Gasteiger partial charge in [-0.2, -0.15) is 0 Å². The minimum atomic E-state index is -0.774. The summed E-state index contributed by atoms with van der Waals surface area (Å²) in [5.41, 5.74) is 3.07. The molecule has 1 saturated heterocycles.